The highest BCUT2D eigenvalue weighted by Gasteiger charge is 2.15. The Morgan fingerprint density at radius 3 is 2.78 bits per heavy atom. The second-order valence-electron chi connectivity index (χ2n) is 7.72. The zero-order valence-electron chi connectivity index (χ0n) is 15.8. The number of benzene rings is 1. The van der Waals surface area contributed by atoms with Gasteiger partial charge in [0.2, 0.25) is 5.91 Å². The van der Waals surface area contributed by atoms with Gasteiger partial charge in [0.25, 0.3) is 0 Å². The Hall–Kier alpha value is -2.53. The van der Waals surface area contributed by atoms with Crippen LogP contribution in [-0.4, -0.2) is 22.2 Å². The van der Waals surface area contributed by atoms with E-state index in [0.717, 1.165) is 22.9 Å². The second-order valence-corrected chi connectivity index (χ2v) is 8.13. The minimum absolute atomic E-state index is 0.138. The lowest BCUT2D eigenvalue weighted by molar-refractivity contribution is -0.115. The average Bonchev–Trinajstić information content (AvgIpc) is 2.94. The van der Waals surface area contributed by atoms with Crippen molar-refractivity contribution in [2.75, 3.05) is 11.9 Å². The summed E-state index contributed by atoms with van der Waals surface area (Å²) >= 11 is 6.06. The molecule has 1 N–H and O–H groups in total. The Morgan fingerprint density at radius 2 is 2.04 bits per heavy atom. The molecule has 2 heterocycles. The van der Waals surface area contributed by atoms with Crippen molar-refractivity contribution in [1.82, 2.24) is 9.71 Å². The molecule has 3 aromatic rings. The second kappa shape index (κ2) is 8.01. The Morgan fingerprint density at radius 1 is 1.26 bits per heavy atom. The van der Waals surface area contributed by atoms with E-state index in [1.807, 2.05) is 30.5 Å². The Kier molecular flexibility index (Phi) is 5.71. The number of para-hydroxylation sites is 1. The van der Waals surface area contributed by atoms with Crippen LogP contribution in [0.4, 0.5) is 5.69 Å². The van der Waals surface area contributed by atoms with Crippen LogP contribution in [0.3, 0.4) is 0 Å². The number of amides is 1. The van der Waals surface area contributed by atoms with Gasteiger partial charge in [-0.15, -0.1) is 0 Å². The number of rotatable bonds is 6. The Labute approximate surface area is 164 Å². The molecule has 1 amide bonds. The number of pyridine rings is 1. The molecule has 0 spiro atoms. The Bertz CT molecular complexity index is 944. The number of hydrogen-bond acceptors (Lipinski definition) is 3. The van der Waals surface area contributed by atoms with E-state index in [-0.39, 0.29) is 17.7 Å². The molecule has 0 fully saturated rings. The predicted octanol–water partition coefficient (Wildman–Crippen LogP) is 4.74. The molecule has 0 saturated heterocycles. The van der Waals surface area contributed by atoms with Gasteiger partial charge in [-0.05, 0) is 29.5 Å². The largest absolute Gasteiger partial charge is 0.414 e. The lowest BCUT2D eigenvalue weighted by Crippen LogP contribution is -2.17. The van der Waals surface area contributed by atoms with Crippen LogP contribution in [0.25, 0.3) is 10.9 Å². The topological polar surface area (TPSA) is 56.1 Å². The van der Waals surface area contributed by atoms with Crippen molar-refractivity contribution in [3.05, 3.63) is 59.5 Å². The number of carbonyl (C=O) groups is 1. The minimum Gasteiger partial charge on any atom is -0.414 e. The zero-order chi connectivity index (χ0) is 19.4. The average molecular weight is 386 g/mol. The summed E-state index contributed by atoms with van der Waals surface area (Å²) in [7, 11) is 0. The highest BCUT2D eigenvalue weighted by molar-refractivity contribution is 6.33. The summed E-state index contributed by atoms with van der Waals surface area (Å²) in [6.45, 7) is 7.17. The molecule has 0 bridgehead atoms. The number of nitrogens with zero attached hydrogens (tertiary/aromatic N) is 2. The number of nitrogens with one attached hydrogen (secondary N) is 1. The van der Waals surface area contributed by atoms with Crippen LogP contribution in [0.1, 0.15) is 32.8 Å². The van der Waals surface area contributed by atoms with E-state index in [4.69, 9.17) is 16.4 Å². The smallest absolute Gasteiger partial charge is 0.228 e. The predicted molar refractivity (Wildman–Crippen MR) is 109 cm³/mol. The quantitative estimate of drug-likeness (QED) is 0.667. The standard InChI is InChI=1S/C21H24ClN3O2/c1-21(2,3)9-11-27-25-14-15(16-6-4-5-7-19(16)25)12-20(26)24-18-8-10-23-13-17(18)22/h4-8,10,13-14H,9,11-12H2,1-3H3,(H,23,24,26). The third kappa shape index (κ3) is 5.01. The fourth-order valence-electron chi connectivity index (χ4n) is 2.76. The first kappa shape index (κ1) is 19.2. The van der Waals surface area contributed by atoms with E-state index in [0.29, 0.717) is 17.3 Å². The van der Waals surface area contributed by atoms with Crippen LogP contribution in [0, 0.1) is 5.41 Å². The van der Waals surface area contributed by atoms with Gasteiger partial charge in [0, 0.05) is 24.0 Å². The van der Waals surface area contributed by atoms with Gasteiger partial charge in [-0.2, -0.15) is 4.73 Å². The van der Waals surface area contributed by atoms with E-state index in [9.17, 15) is 4.79 Å². The Balaban J connectivity index is 1.76. The van der Waals surface area contributed by atoms with Crippen LogP contribution >= 0.6 is 11.6 Å². The van der Waals surface area contributed by atoms with E-state index < -0.39 is 0 Å². The highest BCUT2D eigenvalue weighted by Crippen LogP contribution is 2.24. The monoisotopic (exact) mass is 385 g/mol. The molecular weight excluding hydrogens is 362 g/mol. The third-order valence-corrected chi connectivity index (χ3v) is 4.54. The third-order valence-electron chi connectivity index (χ3n) is 4.24. The summed E-state index contributed by atoms with van der Waals surface area (Å²) < 4.78 is 1.77. The van der Waals surface area contributed by atoms with E-state index in [1.54, 1.807) is 17.0 Å². The molecular formula is C21H24ClN3O2. The van der Waals surface area contributed by atoms with Gasteiger partial charge >= 0.3 is 0 Å². The molecule has 0 aliphatic rings. The summed E-state index contributed by atoms with van der Waals surface area (Å²) in [4.78, 5) is 22.4. The lowest BCUT2D eigenvalue weighted by atomic mass is 9.93. The maximum atomic E-state index is 12.5. The van der Waals surface area contributed by atoms with Crippen molar-refractivity contribution < 1.29 is 9.63 Å². The first-order chi connectivity index (χ1) is 12.8. The summed E-state index contributed by atoms with van der Waals surface area (Å²) in [5, 5.41) is 4.25. The van der Waals surface area contributed by atoms with Gasteiger partial charge in [0.15, 0.2) is 0 Å². The van der Waals surface area contributed by atoms with Gasteiger partial charge in [0.1, 0.15) is 6.61 Å². The maximum Gasteiger partial charge on any atom is 0.228 e. The van der Waals surface area contributed by atoms with Crippen molar-refractivity contribution >= 4 is 34.1 Å². The fourth-order valence-corrected chi connectivity index (χ4v) is 2.93. The number of halogens is 1. The summed E-state index contributed by atoms with van der Waals surface area (Å²) in [5.74, 6) is -0.138. The van der Waals surface area contributed by atoms with Crippen LogP contribution in [0.5, 0.6) is 0 Å². The van der Waals surface area contributed by atoms with Gasteiger partial charge in [-0.25, -0.2) is 0 Å². The normalized spacial score (nSPS) is 11.6. The van der Waals surface area contributed by atoms with Gasteiger partial charge in [-0.3, -0.25) is 9.78 Å². The number of carbonyl (C=O) groups excluding carboxylic acids is 1. The summed E-state index contributed by atoms with van der Waals surface area (Å²) in [6.07, 6.45) is 6.16. The van der Waals surface area contributed by atoms with Crippen molar-refractivity contribution in [2.45, 2.75) is 33.6 Å². The molecule has 1 aromatic carbocycles. The van der Waals surface area contributed by atoms with Crippen molar-refractivity contribution in [1.29, 1.82) is 0 Å². The van der Waals surface area contributed by atoms with E-state index in [2.05, 4.69) is 31.1 Å². The van der Waals surface area contributed by atoms with Crippen molar-refractivity contribution in [3.8, 4) is 0 Å². The van der Waals surface area contributed by atoms with Gasteiger partial charge in [0.05, 0.1) is 22.6 Å². The zero-order valence-corrected chi connectivity index (χ0v) is 16.6. The first-order valence-electron chi connectivity index (χ1n) is 8.95. The molecule has 3 rings (SSSR count). The summed E-state index contributed by atoms with van der Waals surface area (Å²) in [6, 6.07) is 9.60. The first-order valence-corrected chi connectivity index (χ1v) is 9.33. The number of fused-ring (bicyclic) bond motifs is 1. The van der Waals surface area contributed by atoms with Crippen LogP contribution in [-0.2, 0) is 11.2 Å². The van der Waals surface area contributed by atoms with Gasteiger partial charge in [-0.1, -0.05) is 50.6 Å². The molecule has 0 radical (unpaired) electrons. The molecule has 2 aromatic heterocycles. The van der Waals surface area contributed by atoms with Crippen molar-refractivity contribution in [3.63, 3.8) is 0 Å². The molecule has 5 nitrogen and oxygen atoms in total. The molecule has 0 aliphatic heterocycles. The number of aromatic nitrogens is 2. The lowest BCUT2D eigenvalue weighted by Gasteiger charge is -2.18. The SMILES string of the molecule is CC(C)(C)CCOn1cc(CC(=O)Nc2ccncc2Cl)c2ccccc21. The maximum absolute atomic E-state index is 12.5. The van der Waals surface area contributed by atoms with E-state index >= 15 is 0 Å². The minimum atomic E-state index is -0.138. The molecule has 0 unspecified atom stereocenters. The molecule has 0 atom stereocenters. The van der Waals surface area contributed by atoms with Crippen LogP contribution in [0.2, 0.25) is 5.02 Å². The van der Waals surface area contributed by atoms with Gasteiger partial charge < -0.3 is 10.2 Å². The highest BCUT2D eigenvalue weighted by atomic mass is 35.5. The molecule has 0 aliphatic carbocycles. The number of hydrogen-bond donors (Lipinski definition) is 1. The fraction of sp³-hybridized carbons (Fsp3) is 0.333. The molecule has 0 saturated carbocycles. The van der Waals surface area contributed by atoms with E-state index in [1.165, 1.54) is 6.20 Å². The summed E-state index contributed by atoms with van der Waals surface area (Å²) in [5.41, 5.74) is 2.62. The molecule has 6 heteroatoms. The molecule has 142 valence electrons. The number of anilines is 1. The molecule has 27 heavy (non-hydrogen) atoms. The van der Waals surface area contributed by atoms with Crippen LogP contribution < -0.4 is 10.2 Å². The van der Waals surface area contributed by atoms with Crippen LogP contribution in [0.15, 0.2) is 48.9 Å². The van der Waals surface area contributed by atoms with Crippen molar-refractivity contribution in [2.24, 2.45) is 5.41 Å².